The SMILES string of the molecule is CC(Nc1nnc(-c2cc3ccccc3[nH]c2=O)o1)C(=O)N1CCC2(CC1)CC2. The molecule has 0 bridgehead atoms. The van der Waals surface area contributed by atoms with E-state index < -0.39 is 6.04 Å². The van der Waals surface area contributed by atoms with E-state index in [-0.39, 0.29) is 23.4 Å². The van der Waals surface area contributed by atoms with Crippen molar-refractivity contribution in [3.05, 3.63) is 40.7 Å². The molecule has 1 amide bonds. The third-order valence-electron chi connectivity index (χ3n) is 6.21. The smallest absolute Gasteiger partial charge is 0.316 e. The van der Waals surface area contributed by atoms with Crippen molar-refractivity contribution in [2.24, 2.45) is 5.41 Å². The van der Waals surface area contributed by atoms with E-state index in [1.807, 2.05) is 29.2 Å². The second-order valence-corrected chi connectivity index (χ2v) is 8.20. The minimum absolute atomic E-state index is 0.0313. The van der Waals surface area contributed by atoms with Gasteiger partial charge in [-0.05, 0) is 55.5 Å². The molecule has 1 aliphatic carbocycles. The van der Waals surface area contributed by atoms with Gasteiger partial charge in [0.05, 0.1) is 0 Å². The van der Waals surface area contributed by atoms with Gasteiger partial charge in [0.25, 0.3) is 11.4 Å². The fourth-order valence-electron chi connectivity index (χ4n) is 4.10. The molecule has 2 aromatic heterocycles. The summed E-state index contributed by atoms with van der Waals surface area (Å²) < 4.78 is 5.63. The molecule has 5 rings (SSSR count). The number of piperidine rings is 1. The molecule has 150 valence electrons. The molecule has 1 atom stereocenters. The van der Waals surface area contributed by atoms with Gasteiger partial charge in [-0.15, -0.1) is 5.10 Å². The average Bonchev–Trinajstić information content (AvgIpc) is 3.32. The van der Waals surface area contributed by atoms with Crippen molar-refractivity contribution < 1.29 is 9.21 Å². The van der Waals surface area contributed by atoms with Crippen molar-refractivity contribution in [1.82, 2.24) is 20.1 Å². The number of aromatic amines is 1. The first-order chi connectivity index (χ1) is 14.0. The van der Waals surface area contributed by atoms with Crippen molar-refractivity contribution in [2.75, 3.05) is 18.4 Å². The summed E-state index contributed by atoms with van der Waals surface area (Å²) in [6.45, 7) is 3.41. The van der Waals surface area contributed by atoms with Gasteiger partial charge in [-0.1, -0.05) is 23.3 Å². The molecule has 1 spiro atoms. The van der Waals surface area contributed by atoms with Crippen LogP contribution in [0.5, 0.6) is 0 Å². The van der Waals surface area contributed by atoms with E-state index in [4.69, 9.17) is 4.42 Å². The lowest BCUT2D eigenvalue weighted by atomic mass is 9.93. The zero-order chi connectivity index (χ0) is 20.0. The largest absolute Gasteiger partial charge is 0.403 e. The van der Waals surface area contributed by atoms with E-state index >= 15 is 0 Å². The van der Waals surface area contributed by atoms with Gasteiger partial charge < -0.3 is 19.6 Å². The van der Waals surface area contributed by atoms with Gasteiger partial charge in [0.2, 0.25) is 5.91 Å². The van der Waals surface area contributed by atoms with E-state index in [1.165, 1.54) is 12.8 Å². The molecule has 2 N–H and O–H groups in total. The highest BCUT2D eigenvalue weighted by molar-refractivity contribution is 5.84. The van der Waals surface area contributed by atoms with Gasteiger partial charge in [-0.3, -0.25) is 9.59 Å². The van der Waals surface area contributed by atoms with Crippen LogP contribution < -0.4 is 10.9 Å². The average molecular weight is 393 g/mol. The fourth-order valence-corrected chi connectivity index (χ4v) is 4.10. The lowest BCUT2D eigenvalue weighted by molar-refractivity contribution is -0.133. The number of carbonyl (C=O) groups is 1. The molecule has 8 heteroatoms. The Morgan fingerprint density at radius 3 is 2.72 bits per heavy atom. The summed E-state index contributed by atoms with van der Waals surface area (Å²) in [7, 11) is 0. The number of nitrogens with zero attached hydrogens (tertiary/aromatic N) is 3. The van der Waals surface area contributed by atoms with E-state index in [9.17, 15) is 9.59 Å². The highest BCUT2D eigenvalue weighted by atomic mass is 16.4. The molecule has 3 heterocycles. The first-order valence-electron chi connectivity index (χ1n) is 10.0. The Labute approximate surface area is 167 Å². The quantitative estimate of drug-likeness (QED) is 0.706. The van der Waals surface area contributed by atoms with Crippen LogP contribution in [0.1, 0.15) is 32.6 Å². The molecule has 3 aromatic rings. The van der Waals surface area contributed by atoms with Crippen LogP contribution >= 0.6 is 0 Å². The fraction of sp³-hybridized carbons (Fsp3) is 0.429. The first kappa shape index (κ1) is 17.9. The van der Waals surface area contributed by atoms with Crippen molar-refractivity contribution in [3.63, 3.8) is 0 Å². The third kappa shape index (κ3) is 3.39. The molecule has 0 radical (unpaired) electrons. The summed E-state index contributed by atoms with van der Waals surface area (Å²) in [6.07, 6.45) is 4.81. The van der Waals surface area contributed by atoms with Gasteiger partial charge in [-0.2, -0.15) is 0 Å². The minimum atomic E-state index is -0.480. The van der Waals surface area contributed by atoms with Crippen LogP contribution in [0.2, 0.25) is 0 Å². The van der Waals surface area contributed by atoms with Gasteiger partial charge in [0.1, 0.15) is 11.6 Å². The molecule has 8 nitrogen and oxygen atoms in total. The number of H-pyrrole nitrogens is 1. The topological polar surface area (TPSA) is 104 Å². The minimum Gasteiger partial charge on any atom is -0.403 e. The van der Waals surface area contributed by atoms with E-state index in [2.05, 4.69) is 20.5 Å². The number of carbonyl (C=O) groups excluding carboxylic acids is 1. The number of rotatable bonds is 4. The van der Waals surface area contributed by atoms with Gasteiger partial charge in [-0.25, -0.2) is 0 Å². The van der Waals surface area contributed by atoms with Crippen molar-refractivity contribution in [3.8, 4) is 11.5 Å². The molecule has 1 aromatic carbocycles. The number of amides is 1. The van der Waals surface area contributed by atoms with Crippen molar-refractivity contribution in [2.45, 2.75) is 38.6 Å². The van der Waals surface area contributed by atoms with Crippen LogP contribution in [0.25, 0.3) is 22.4 Å². The van der Waals surface area contributed by atoms with Crippen LogP contribution in [0.4, 0.5) is 6.01 Å². The number of likely N-dealkylation sites (tertiary alicyclic amines) is 1. The summed E-state index contributed by atoms with van der Waals surface area (Å²) in [6, 6.07) is 8.86. The summed E-state index contributed by atoms with van der Waals surface area (Å²) in [5.41, 5.74) is 1.27. The number of pyridine rings is 1. The van der Waals surface area contributed by atoms with Gasteiger partial charge in [0.15, 0.2) is 0 Å². The third-order valence-corrected chi connectivity index (χ3v) is 6.21. The summed E-state index contributed by atoms with van der Waals surface area (Å²) in [5.74, 6) is 0.150. The predicted molar refractivity (Wildman–Crippen MR) is 108 cm³/mol. The molecule has 2 aliphatic rings. The Kier molecular flexibility index (Phi) is 4.15. The summed E-state index contributed by atoms with van der Waals surface area (Å²) >= 11 is 0. The second-order valence-electron chi connectivity index (χ2n) is 8.20. The zero-order valence-corrected chi connectivity index (χ0v) is 16.3. The van der Waals surface area contributed by atoms with Crippen molar-refractivity contribution in [1.29, 1.82) is 0 Å². The molecule has 2 fully saturated rings. The Balaban J connectivity index is 1.29. The molecule has 1 saturated carbocycles. The van der Waals surface area contributed by atoms with Crippen LogP contribution in [0, 0.1) is 5.41 Å². The number of hydrogen-bond acceptors (Lipinski definition) is 6. The van der Waals surface area contributed by atoms with Crippen molar-refractivity contribution >= 4 is 22.8 Å². The molecule has 1 unspecified atom stereocenters. The normalized spacial score (nSPS) is 18.7. The second kappa shape index (κ2) is 6.72. The summed E-state index contributed by atoms with van der Waals surface area (Å²) in [5, 5.41) is 11.8. The number of anilines is 1. The van der Waals surface area contributed by atoms with Crippen LogP contribution in [-0.2, 0) is 4.79 Å². The highest BCUT2D eigenvalue weighted by Gasteiger charge is 2.45. The number of aromatic nitrogens is 3. The lowest BCUT2D eigenvalue weighted by Gasteiger charge is -2.33. The monoisotopic (exact) mass is 393 g/mol. The maximum atomic E-state index is 12.7. The first-order valence-corrected chi connectivity index (χ1v) is 10.0. The van der Waals surface area contributed by atoms with E-state index in [1.54, 1.807) is 13.0 Å². The van der Waals surface area contributed by atoms with E-state index in [0.29, 0.717) is 11.0 Å². The Morgan fingerprint density at radius 2 is 1.97 bits per heavy atom. The Morgan fingerprint density at radius 1 is 1.21 bits per heavy atom. The number of hydrogen-bond donors (Lipinski definition) is 2. The Bertz CT molecular complexity index is 1120. The molecule has 1 aliphatic heterocycles. The standard InChI is InChI=1S/C21H23N5O3/c1-13(19(28)26-10-8-21(6-7-21)9-11-26)22-20-25-24-18(29-20)15-12-14-4-2-3-5-16(14)23-17(15)27/h2-5,12-13H,6-11H2,1H3,(H,22,25)(H,23,27). The number of benzene rings is 1. The number of nitrogens with one attached hydrogen (secondary N) is 2. The van der Waals surface area contributed by atoms with Gasteiger partial charge in [0, 0.05) is 18.6 Å². The maximum absolute atomic E-state index is 12.7. The lowest BCUT2D eigenvalue weighted by Crippen LogP contribution is -2.45. The molecular weight excluding hydrogens is 370 g/mol. The van der Waals surface area contributed by atoms with Gasteiger partial charge >= 0.3 is 6.01 Å². The molecule has 29 heavy (non-hydrogen) atoms. The molecule has 1 saturated heterocycles. The Hall–Kier alpha value is -3.16. The molecular formula is C21H23N5O3. The highest BCUT2D eigenvalue weighted by Crippen LogP contribution is 2.53. The van der Waals surface area contributed by atoms with Crippen LogP contribution in [-0.4, -0.2) is 45.1 Å². The van der Waals surface area contributed by atoms with Crippen LogP contribution in [0.15, 0.2) is 39.5 Å². The van der Waals surface area contributed by atoms with E-state index in [0.717, 1.165) is 36.8 Å². The summed E-state index contributed by atoms with van der Waals surface area (Å²) in [4.78, 5) is 29.8. The van der Waals surface area contributed by atoms with Crippen LogP contribution in [0.3, 0.4) is 0 Å². The predicted octanol–water partition coefficient (Wildman–Crippen LogP) is 2.78. The zero-order valence-electron chi connectivity index (χ0n) is 16.3. The maximum Gasteiger partial charge on any atom is 0.316 e. The number of fused-ring (bicyclic) bond motifs is 1. The number of para-hydroxylation sites is 1.